The van der Waals surface area contributed by atoms with Crippen molar-refractivity contribution in [3.8, 4) is 5.75 Å². The Balaban J connectivity index is 2.05. The lowest BCUT2D eigenvalue weighted by molar-refractivity contribution is -0.246. The first-order valence-corrected chi connectivity index (χ1v) is 9.77. The van der Waals surface area contributed by atoms with Gasteiger partial charge in [-0.15, -0.1) is 0 Å². The van der Waals surface area contributed by atoms with Crippen LogP contribution in [-0.4, -0.2) is 35.2 Å². The number of aliphatic hydroxyl groups is 1. The van der Waals surface area contributed by atoms with Gasteiger partial charge < -0.3 is 14.8 Å². The number of halogens is 4. The minimum absolute atomic E-state index is 0.0869. The van der Waals surface area contributed by atoms with Gasteiger partial charge in [0.05, 0.1) is 18.3 Å². The van der Waals surface area contributed by atoms with Crippen molar-refractivity contribution in [2.24, 2.45) is 10.9 Å². The Labute approximate surface area is 181 Å². The molecule has 0 aliphatic rings. The molecule has 0 fully saturated rings. The SMILES string of the molecule is COc1cc(F)ccc1C(C)C(C)C(O)(C=Nc1cccc2[nH]c(=O)ccc12)C(F)(F)F. The molecule has 0 bridgehead atoms. The second-order valence-corrected chi connectivity index (χ2v) is 7.61. The maximum atomic E-state index is 14.1. The average Bonchev–Trinajstić information content (AvgIpc) is 2.75. The topological polar surface area (TPSA) is 74.7 Å². The third kappa shape index (κ3) is 4.38. The standard InChI is InChI=1S/C23H22F4N2O3/c1-13(16-8-7-15(24)11-20(16)32-3)14(2)22(31,23(25,26)27)12-28-18-5-4-6-19-17(18)9-10-21(30)29-19/h4-14,31H,1-3H3,(H,29,30). The van der Waals surface area contributed by atoms with Gasteiger partial charge in [0, 0.05) is 29.7 Å². The minimum atomic E-state index is -5.05. The van der Waals surface area contributed by atoms with Crippen molar-refractivity contribution in [2.75, 3.05) is 7.11 Å². The van der Waals surface area contributed by atoms with Crippen LogP contribution < -0.4 is 10.3 Å². The van der Waals surface area contributed by atoms with E-state index in [4.69, 9.17) is 4.74 Å². The van der Waals surface area contributed by atoms with Crippen LogP contribution in [0.15, 0.2) is 58.3 Å². The molecule has 9 heteroatoms. The molecule has 3 unspecified atom stereocenters. The summed E-state index contributed by atoms with van der Waals surface area (Å²) in [6.45, 7) is 2.74. The van der Waals surface area contributed by atoms with Gasteiger partial charge in [-0.05, 0) is 35.7 Å². The molecular formula is C23H22F4N2O3. The summed E-state index contributed by atoms with van der Waals surface area (Å²) in [6.07, 6.45) is -4.57. The highest BCUT2D eigenvalue weighted by Crippen LogP contribution is 2.44. The number of aromatic nitrogens is 1. The third-order valence-corrected chi connectivity index (χ3v) is 5.73. The Hall–Kier alpha value is -3.20. The number of nitrogens with one attached hydrogen (secondary N) is 1. The van der Waals surface area contributed by atoms with Crippen molar-refractivity contribution in [3.05, 3.63) is 70.3 Å². The highest BCUT2D eigenvalue weighted by molar-refractivity contribution is 5.91. The molecule has 2 N–H and O–H groups in total. The number of aromatic amines is 1. The summed E-state index contributed by atoms with van der Waals surface area (Å²) in [6, 6.07) is 10.8. The van der Waals surface area contributed by atoms with Gasteiger partial charge in [-0.3, -0.25) is 9.79 Å². The van der Waals surface area contributed by atoms with E-state index in [9.17, 15) is 27.5 Å². The molecule has 2 aromatic carbocycles. The van der Waals surface area contributed by atoms with Crippen LogP contribution in [0, 0.1) is 11.7 Å². The third-order valence-electron chi connectivity index (χ3n) is 5.73. The lowest BCUT2D eigenvalue weighted by Crippen LogP contribution is -2.53. The Kier molecular flexibility index (Phi) is 6.41. The van der Waals surface area contributed by atoms with E-state index in [0.29, 0.717) is 22.7 Å². The van der Waals surface area contributed by atoms with Crippen LogP contribution in [0.1, 0.15) is 25.3 Å². The Morgan fingerprint density at radius 1 is 1.12 bits per heavy atom. The predicted molar refractivity (Wildman–Crippen MR) is 114 cm³/mol. The zero-order valence-electron chi connectivity index (χ0n) is 17.6. The smallest absolute Gasteiger partial charge is 0.422 e. The number of fused-ring (bicyclic) bond motifs is 1. The quantitative estimate of drug-likeness (QED) is 0.405. The van der Waals surface area contributed by atoms with Crippen molar-refractivity contribution in [3.63, 3.8) is 0 Å². The average molecular weight is 450 g/mol. The number of alkyl halides is 3. The number of hydrogen-bond acceptors (Lipinski definition) is 4. The van der Waals surface area contributed by atoms with Crippen LogP contribution in [0.25, 0.3) is 10.9 Å². The van der Waals surface area contributed by atoms with Gasteiger partial charge in [-0.1, -0.05) is 26.0 Å². The van der Waals surface area contributed by atoms with Crippen molar-refractivity contribution >= 4 is 22.8 Å². The molecule has 1 aromatic heterocycles. The summed E-state index contributed by atoms with van der Waals surface area (Å²) in [4.78, 5) is 18.0. The van der Waals surface area contributed by atoms with Crippen molar-refractivity contribution in [2.45, 2.75) is 31.5 Å². The lowest BCUT2D eigenvalue weighted by Gasteiger charge is -2.36. The summed E-state index contributed by atoms with van der Waals surface area (Å²) >= 11 is 0. The minimum Gasteiger partial charge on any atom is -0.496 e. The summed E-state index contributed by atoms with van der Waals surface area (Å²) in [5, 5.41) is 11.2. The Morgan fingerprint density at radius 2 is 1.84 bits per heavy atom. The van der Waals surface area contributed by atoms with Crippen LogP contribution in [0.5, 0.6) is 5.75 Å². The molecule has 0 spiro atoms. The number of ether oxygens (including phenoxy) is 1. The molecule has 0 saturated carbocycles. The molecule has 0 aliphatic carbocycles. The second-order valence-electron chi connectivity index (χ2n) is 7.61. The number of nitrogens with zero attached hydrogens (tertiary/aromatic N) is 1. The van der Waals surface area contributed by atoms with Gasteiger partial charge in [0.2, 0.25) is 5.56 Å². The highest BCUT2D eigenvalue weighted by Gasteiger charge is 2.57. The normalized spacial score (nSPS) is 16.1. The van der Waals surface area contributed by atoms with E-state index in [2.05, 4.69) is 9.98 Å². The first-order valence-electron chi connectivity index (χ1n) is 9.77. The zero-order chi connectivity index (χ0) is 23.7. The number of aliphatic imine (C=N–C) groups is 1. The largest absolute Gasteiger partial charge is 0.496 e. The molecular weight excluding hydrogens is 428 g/mol. The fourth-order valence-electron chi connectivity index (χ4n) is 3.61. The maximum Gasteiger partial charge on any atom is 0.422 e. The van der Waals surface area contributed by atoms with Crippen molar-refractivity contribution in [1.82, 2.24) is 4.98 Å². The van der Waals surface area contributed by atoms with E-state index in [1.807, 2.05) is 0 Å². The van der Waals surface area contributed by atoms with Gasteiger partial charge in [0.15, 0.2) is 5.60 Å². The molecule has 32 heavy (non-hydrogen) atoms. The fourth-order valence-corrected chi connectivity index (χ4v) is 3.61. The second kappa shape index (κ2) is 8.74. The maximum absolute atomic E-state index is 14.1. The molecule has 5 nitrogen and oxygen atoms in total. The summed E-state index contributed by atoms with van der Waals surface area (Å²) in [5.74, 6) is -2.77. The first-order chi connectivity index (χ1) is 15.0. The fraction of sp³-hybridized carbons (Fsp3) is 0.304. The van der Waals surface area contributed by atoms with E-state index in [1.165, 1.54) is 51.3 Å². The van der Waals surface area contributed by atoms with E-state index in [-0.39, 0.29) is 17.0 Å². The van der Waals surface area contributed by atoms with Crippen LogP contribution in [-0.2, 0) is 0 Å². The summed E-state index contributed by atoms with van der Waals surface area (Å²) in [5.41, 5.74) is -2.78. The summed E-state index contributed by atoms with van der Waals surface area (Å²) in [7, 11) is 1.29. The van der Waals surface area contributed by atoms with Crippen LogP contribution in [0.2, 0.25) is 0 Å². The Morgan fingerprint density at radius 3 is 2.50 bits per heavy atom. The molecule has 1 heterocycles. The summed E-state index contributed by atoms with van der Waals surface area (Å²) < 4.78 is 60.8. The van der Waals surface area contributed by atoms with Gasteiger partial charge in [-0.25, -0.2) is 4.39 Å². The predicted octanol–water partition coefficient (Wildman–Crippen LogP) is 5.11. The monoisotopic (exact) mass is 450 g/mol. The number of pyridine rings is 1. The molecule has 3 atom stereocenters. The number of rotatable bonds is 6. The lowest BCUT2D eigenvalue weighted by atomic mass is 9.77. The van der Waals surface area contributed by atoms with Gasteiger partial charge in [-0.2, -0.15) is 13.2 Å². The van der Waals surface area contributed by atoms with Gasteiger partial charge in [0.1, 0.15) is 11.6 Å². The van der Waals surface area contributed by atoms with E-state index in [0.717, 1.165) is 12.1 Å². The molecule has 0 aliphatic heterocycles. The number of benzene rings is 2. The molecule has 3 rings (SSSR count). The Bertz CT molecular complexity index is 1210. The first kappa shape index (κ1) is 23.5. The highest BCUT2D eigenvalue weighted by atomic mass is 19.4. The molecule has 3 aromatic rings. The zero-order valence-corrected chi connectivity index (χ0v) is 17.6. The van der Waals surface area contributed by atoms with Crippen LogP contribution in [0.3, 0.4) is 0 Å². The van der Waals surface area contributed by atoms with Gasteiger partial charge >= 0.3 is 6.18 Å². The van der Waals surface area contributed by atoms with Crippen molar-refractivity contribution in [1.29, 1.82) is 0 Å². The number of methoxy groups -OCH3 is 1. The van der Waals surface area contributed by atoms with E-state index in [1.54, 1.807) is 6.07 Å². The van der Waals surface area contributed by atoms with Gasteiger partial charge in [0.25, 0.3) is 0 Å². The van der Waals surface area contributed by atoms with Crippen LogP contribution in [0.4, 0.5) is 23.2 Å². The molecule has 170 valence electrons. The van der Waals surface area contributed by atoms with Crippen molar-refractivity contribution < 1.29 is 27.4 Å². The number of hydrogen-bond donors (Lipinski definition) is 2. The number of H-pyrrole nitrogens is 1. The van der Waals surface area contributed by atoms with E-state index >= 15 is 0 Å². The molecule has 0 amide bonds. The van der Waals surface area contributed by atoms with Crippen LogP contribution >= 0.6 is 0 Å². The molecule has 0 radical (unpaired) electrons. The molecule has 0 saturated heterocycles. The van der Waals surface area contributed by atoms with E-state index < -0.39 is 29.4 Å².